The van der Waals surface area contributed by atoms with Gasteiger partial charge in [-0.25, -0.2) is 18.1 Å². The molecule has 8 nitrogen and oxygen atoms in total. The Bertz CT molecular complexity index is 1010. The molecular formula is C21H27F3N4O4S. The summed E-state index contributed by atoms with van der Waals surface area (Å²) in [4.78, 5) is 28.2. The molecule has 33 heavy (non-hydrogen) atoms. The van der Waals surface area contributed by atoms with Crippen LogP contribution < -0.4 is 5.32 Å². The fourth-order valence-corrected chi connectivity index (χ4v) is 6.24. The van der Waals surface area contributed by atoms with E-state index < -0.39 is 38.2 Å². The zero-order valence-electron chi connectivity index (χ0n) is 18.1. The van der Waals surface area contributed by atoms with Crippen LogP contribution in [0.1, 0.15) is 44.1 Å². The van der Waals surface area contributed by atoms with Crippen LogP contribution in [0.5, 0.6) is 0 Å². The number of sulfonamides is 1. The van der Waals surface area contributed by atoms with E-state index in [0.29, 0.717) is 18.9 Å². The number of carbonyl (C=O) groups excluding carboxylic acids is 2. The minimum Gasteiger partial charge on any atom is -0.323 e. The van der Waals surface area contributed by atoms with Crippen LogP contribution in [0.15, 0.2) is 29.2 Å². The summed E-state index contributed by atoms with van der Waals surface area (Å²) in [7, 11) is -4.10. The molecule has 3 aliphatic rings. The van der Waals surface area contributed by atoms with Gasteiger partial charge in [-0.05, 0) is 31.0 Å². The lowest BCUT2D eigenvalue weighted by Crippen LogP contribution is -2.53. The van der Waals surface area contributed by atoms with E-state index in [0.717, 1.165) is 48.2 Å². The highest BCUT2D eigenvalue weighted by atomic mass is 32.2. The molecule has 1 aromatic carbocycles. The summed E-state index contributed by atoms with van der Waals surface area (Å²) < 4.78 is 65.8. The molecule has 1 spiro atoms. The van der Waals surface area contributed by atoms with Gasteiger partial charge in [-0.2, -0.15) is 17.5 Å². The van der Waals surface area contributed by atoms with E-state index in [2.05, 4.69) is 5.32 Å². The summed E-state index contributed by atoms with van der Waals surface area (Å²) in [6.07, 6.45) is 0.439. The maximum atomic E-state index is 13.1. The Morgan fingerprint density at radius 1 is 0.970 bits per heavy atom. The second kappa shape index (κ2) is 8.88. The summed E-state index contributed by atoms with van der Waals surface area (Å²) in [5.74, 6) is -0.228. The van der Waals surface area contributed by atoms with Crippen LogP contribution >= 0.6 is 0 Å². The molecule has 0 unspecified atom stereocenters. The largest absolute Gasteiger partial charge is 0.416 e. The van der Waals surface area contributed by atoms with Crippen molar-refractivity contribution in [1.82, 2.24) is 19.4 Å². The fourth-order valence-electron chi connectivity index (χ4n) is 4.77. The van der Waals surface area contributed by atoms with Gasteiger partial charge in [0.1, 0.15) is 5.54 Å². The number of nitrogens with zero attached hydrogens (tertiary/aromatic N) is 3. The molecule has 0 bridgehead atoms. The molecule has 1 saturated carbocycles. The van der Waals surface area contributed by atoms with Crippen molar-refractivity contribution in [2.75, 3.05) is 32.8 Å². The topological polar surface area (TPSA) is 90.0 Å². The minimum absolute atomic E-state index is 0.0490. The average molecular weight is 489 g/mol. The number of carbonyl (C=O) groups is 2. The number of hydrogen-bond donors (Lipinski definition) is 1. The van der Waals surface area contributed by atoms with E-state index in [1.54, 1.807) is 0 Å². The van der Waals surface area contributed by atoms with E-state index in [1.165, 1.54) is 4.90 Å². The standard InChI is InChI=1S/C21H27F3N4O4S/c22-21(23,24)16-6-5-7-17(14-16)33(31,32)27-12-10-26(11-13-27)15-28-18(29)20(25-19(28)30)8-3-1-2-4-9-20/h5-7,14H,1-4,8-13,15H2,(H,25,30). The van der Waals surface area contributed by atoms with Crippen molar-refractivity contribution in [3.8, 4) is 0 Å². The highest BCUT2D eigenvalue weighted by Crippen LogP contribution is 2.33. The second-order valence-corrected chi connectivity index (χ2v) is 10.8. The molecule has 2 aliphatic heterocycles. The molecule has 1 aromatic rings. The first-order chi connectivity index (χ1) is 15.5. The first kappa shape index (κ1) is 24.0. The van der Waals surface area contributed by atoms with Crippen molar-refractivity contribution >= 4 is 22.0 Å². The van der Waals surface area contributed by atoms with E-state index in [9.17, 15) is 31.2 Å². The maximum absolute atomic E-state index is 13.1. The van der Waals surface area contributed by atoms with Crippen LogP contribution in [0.4, 0.5) is 18.0 Å². The van der Waals surface area contributed by atoms with Gasteiger partial charge >= 0.3 is 12.2 Å². The molecule has 1 aliphatic carbocycles. The zero-order valence-corrected chi connectivity index (χ0v) is 18.9. The van der Waals surface area contributed by atoms with Gasteiger partial charge in [-0.15, -0.1) is 0 Å². The number of hydrogen-bond acceptors (Lipinski definition) is 5. The quantitative estimate of drug-likeness (QED) is 0.659. The molecule has 0 aromatic heterocycles. The number of urea groups is 1. The Kier molecular flexibility index (Phi) is 6.45. The molecule has 12 heteroatoms. The zero-order chi connectivity index (χ0) is 23.9. The third kappa shape index (κ3) is 4.73. The number of rotatable bonds is 4. The van der Waals surface area contributed by atoms with Crippen molar-refractivity contribution in [3.05, 3.63) is 29.8 Å². The van der Waals surface area contributed by atoms with Crippen molar-refractivity contribution in [3.63, 3.8) is 0 Å². The SMILES string of the molecule is O=C1NC2(CCCCCC2)C(=O)N1CN1CCN(S(=O)(=O)c2cccc(C(F)(F)F)c2)CC1. The van der Waals surface area contributed by atoms with Crippen LogP contribution in [-0.4, -0.2) is 72.8 Å². The van der Waals surface area contributed by atoms with Crippen molar-refractivity contribution in [2.45, 2.75) is 55.1 Å². The Hall–Kier alpha value is -2.18. The van der Waals surface area contributed by atoms with Crippen LogP contribution in [0, 0.1) is 0 Å². The van der Waals surface area contributed by atoms with Gasteiger partial charge in [0.05, 0.1) is 17.1 Å². The molecule has 1 N–H and O–H groups in total. The van der Waals surface area contributed by atoms with Crippen LogP contribution in [-0.2, 0) is 21.0 Å². The maximum Gasteiger partial charge on any atom is 0.416 e. The first-order valence-electron chi connectivity index (χ1n) is 11.1. The molecule has 182 valence electrons. The summed E-state index contributed by atoms with van der Waals surface area (Å²) >= 11 is 0. The summed E-state index contributed by atoms with van der Waals surface area (Å²) in [6.45, 7) is 0.662. The predicted octanol–water partition coefficient (Wildman–Crippen LogP) is 2.61. The highest BCUT2D eigenvalue weighted by molar-refractivity contribution is 7.89. The van der Waals surface area contributed by atoms with Crippen molar-refractivity contribution in [2.24, 2.45) is 0 Å². The smallest absolute Gasteiger partial charge is 0.323 e. The molecule has 3 amide bonds. The number of nitrogens with one attached hydrogen (secondary N) is 1. The number of benzene rings is 1. The van der Waals surface area contributed by atoms with Gasteiger partial charge < -0.3 is 5.32 Å². The third-order valence-corrected chi connectivity index (χ3v) is 8.57. The van der Waals surface area contributed by atoms with Gasteiger partial charge in [0.2, 0.25) is 10.0 Å². The summed E-state index contributed by atoms with van der Waals surface area (Å²) in [6, 6.07) is 3.27. The van der Waals surface area contributed by atoms with Crippen LogP contribution in [0.25, 0.3) is 0 Å². The number of halogens is 3. The lowest BCUT2D eigenvalue weighted by molar-refractivity contribution is -0.137. The lowest BCUT2D eigenvalue weighted by Gasteiger charge is -2.35. The Labute approximate surface area is 190 Å². The van der Waals surface area contributed by atoms with E-state index in [4.69, 9.17) is 0 Å². The fraction of sp³-hybridized carbons (Fsp3) is 0.619. The van der Waals surface area contributed by atoms with Gasteiger partial charge in [-0.1, -0.05) is 31.7 Å². The second-order valence-electron chi connectivity index (χ2n) is 8.85. The normalized spacial score (nSPS) is 23.1. The van der Waals surface area contributed by atoms with E-state index in [-0.39, 0.29) is 38.8 Å². The lowest BCUT2D eigenvalue weighted by atomic mass is 9.90. The molecule has 0 radical (unpaired) electrons. The highest BCUT2D eigenvalue weighted by Gasteiger charge is 2.51. The molecule has 2 saturated heterocycles. The monoisotopic (exact) mass is 488 g/mol. The van der Waals surface area contributed by atoms with Gasteiger partial charge in [-0.3, -0.25) is 9.69 Å². The number of imide groups is 1. The number of piperazine rings is 1. The van der Waals surface area contributed by atoms with Gasteiger partial charge in [0.15, 0.2) is 0 Å². The number of amides is 3. The Balaban J connectivity index is 1.39. The number of alkyl halides is 3. The van der Waals surface area contributed by atoms with Crippen molar-refractivity contribution in [1.29, 1.82) is 0 Å². The van der Waals surface area contributed by atoms with E-state index in [1.807, 2.05) is 4.90 Å². The molecule has 3 fully saturated rings. The molecular weight excluding hydrogens is 461 g/mol. The van der Waals surface area contributed by atoms with Crippen LogP contribution in [0.3, 0.4) is 0 Å². The Morgan fingerprint density at radius 3 is 2.21 bits per heavy atom. The first-order valence-corrected chi connectivity index (χ1v) is 12.5. The van der Waals surface area contributed by atoms with Gasteiger partial charge in [0.25, 0.3) is 5.91 Å². The van der Waals surface area contributed by atoms with Crippen molar-refractivity contribution < 1.29 is 31.2 Å². The average Bonchev–Trinajstić information content (AvgIpc) is 2.93. The summed E-state index contributed by atoms with van der Waals surface area (Å²) in [5.41, 5.74) is -1.85. The van der Waals surface area contributed by atoms with Crippen LogP contribution in [0.2, 0.25) is 0 Å². The Morgan fingerprint density at radius 2 is 1.61 bits per heavy atom. The van der Waals surface area contributed by atoms with Gasteiger partial charge in [0, 0.05) is 26.2 Å². The van der Waals surface area contributed by atoms with E-state index >= 15 is 0 Å². The molecule has 0 atom stereocenters. The predicted molar refractivity (Wildman–Crippen MR) is 112 cm³/mol. The molecule has 2 heterocycles. The summed E-state index contributed by atoms with van der Waals surface area (Å²) in [5, 5.41) is 2.88. The third-order valence-electron chi connectivity index (χ3n) is 6.67. The molecule has 4 rings (SSSR count). The minimum atomic E-state index is -4.64.